The van der Waals surface area contributed by atoms with Gasteiger partial charge in [0.2, 0.25) is 0 Å². The zero-order valence-electron chi connectivity index (χ0n) is 7.11. The van der Waals surface area contributed by atoms with Crippen molar-refractivity contribution in [2.24, 2.45) is 0 Å². The molecule has 10 heteroatoms. The van der Waals surface area contributed by atoms with E-state index in [1.54, 1.807) is 5.32 Å². The van der Waals surface area contributed by atoms with Crippen molar-refractivity contribution in [1.29, 1.82) is 0 Å². The minimum absolute atomic E-state index is 0.560. The summed E-state index contributed by atoms with van der Waals surface area (Å²) < 4.78 is 37.6. The van der Waals surface area contributed by atoms with Crippen LogP contribution in [0.4, 0.5) is 13.2 Å². The highest BCUT2D eigenvalue weighted by Crippen LogP contribution is 2.46. The number of alkyl halides is 4. The van der Waals surface area contributed by atoms with E-state index < -0.39 is 31.9 Å². The molecule has 1 unspecified atom stereocenters. The third-order valence-electron chi connectivity index (χ3n) is 1.71. The first-order valence-corrected chi connectivity index (χ1v) is 4.68. The quantitative estimate of drug-likeness (QED) is 0.350. The standard InChI is InChI=1S/C6H2Cl3F3N2O2/c7-2-1-13-5(9,6(10,11)12)4(8)3(2)14(15)16/h1,13H. The fourth-order valence-electron chi connectivity index (χ4n) is 0.936. The summed E-state index contributed by atoms with van der Waals surface area (Å²) in [5.41, 5.74) is -1.07. The molecule has 0 fully saturated rings. The van der Waals surface area contributed by atoms with Crippen molar-refractivity contribution >= 4 is 34.8 Å². The van der Waals surface area contributed by atoms with Crippen LogP contribution >= 0.6 is 34.8 Å². The van der Waals surface area contributed by atoms with Crippen LogP contribution in [0, 0.1) is 10.1 Å². The molecule has 0 bridgehead atoms. The van der Waals surface area contributed by atoms with Crippen LogP contribution in [0.25, 0.3) is 0 Å². The molecule has 90 valence electrons. The average Bonchev–Trinajstić information content (AvgIpc) is 2.09. The van der Waals surface area contributed by atoms with Crippen LogP contribution in [-0.2, 0) is 0 Å². The van der Waals surface area contributed by atoms with E-state index in [9.17, 15) is 23.3 Å². The Labute approximate surface area is 102 Å². The van der Waals surface area contributed by atoms with Crippen LogP contribution in [0.2, 0.25) is 0 Å². The van der Waals surface area contributed by atoms with E-state index in [-0.39, 0.29) is 0 Å². The molecule has 0 spiro atoms. The molecule has 1 aliphatic heterocycles. The summed E-state index contributed by atoms with van der Waals surface area (Å²) in [6.07, 6.45) is -4.44. The molecule has 1 rings (SSSR count). The maximum Gasteiger partial charge on any atom is 0.431 e. The Morgan fingerprint density at radius 1 is 1.44 bits per heavy atom. The number of halogens is 6. The van der Waals surface area contributed by atoms with Crippen molar-refractivity contribution < 1.29 is 18.1 Å². The first kappa shape index (κ1) is 13.4. The molecule has 0 aromatic heterocycles. The van der Waals surface area contributed by atoms with Crippen molar-refractivity contribution in [2.45, 2.75) is 11.2 Å². The maximum atomic E-state index is 12.5. The molecule has 16 heavy (non-hydrogen) atoms. The number of rotatable bonds is 1. The second-order valence-corrected chi connectivity index (χ2v) is 4.06. The van der Waals surface area contributed by atoms with Crippen LogP contribution in [0.5, 0.6) is 0 Å². The lowest BCUT2D eigenvalue weighted by Crippen LogP contribution is -2.52. The van der Waals surface area contributed by atoms with Gasteiger partial charge in [-0.15, -0.1) is 0 Å². The number of dihydropyridines is 1. The van der Waals surface area contributed by atoms with Gasteiger partial charge in [0.05, 0.1) is 4.92 Å². The van der Waals surface area contributed by atoms with Gasteiger partial charge in [-0.1, -0.05) is 34.8 Å². The minimum atomic E-state index is -5.01. The molecule has 0 aromatic carbocycles. The summed E-state index contributed by atoms with van der Waals surface area (Å²) in [4.78, 5) is 6.11. The lowest BCUT2D eigenvalue weighted by Gasteiger charge is -2.31. The second kappa shape index (κ2) is 3.97. The van der Waals surface area contributed by atoms with Gasteiger partial charge in [-0.05, 0) is 0 Å². The zero-order chi connectivity index (χ0) is 12.7. The third-order valence-corrected chi connectivity index (χ3v) is 3.07. The van der Waals surface area contributed by atoms with Gasteiger partial charge in [-0.25, -0.2) is 0 Å². The SMILES string of the molecule is O=[N+]([O-])C1=C(Cl)C(Cl)(C(F)(F)F)NC=C1Cl. The van der Waals surface area contributed by atoms with Gasteiger partial charge in [0.1, 0.15) is 10.1 Å². The Hall–Kier alpha value is -0.660. The Balaban J connectivity index is 3.38. The normalized spacial score (nSPS) is 26.2. The Bertz CT molecular complexity index is 406. The molecule has 0 amide bonds. The molecular formula is C6H2Cl3F3N2O2. The highest BCUT2D eigenvalue weighted by molar-refractivity contribution is 6.42. The summed E-state index contributed by atoms with van der Waals surface area (Å²) in [5.74, 6) is 0. The van der Waals surface area contributed by atoms with E-state index in [2.05, 4.69) is 0 Å². The van der Waals surface area contributed by atoms with Crippen LogP contribution in [-0.4, -0.2) is 16.1 Å². The van der Waals surface area contributed by atoms with Crippen molar-refractivity contribution in [3.05, 3.63) is 32.1 Å². The smallest absolute Gasteiger partial charge is 0.359 e. The van der Waals surface area contributed by atoms with Crippen molar-refractivity contribution in [3.63, 3.8) is 0 Å². The summed E-state index contributed by atoms with van der Waals surface area (Å²) in [7, 11) is 0. The molecule has 0 saturated heterocycles. The molecule has 0 aliphatic carbocycles. The molecule has 1 atom stereocenters. The summed E-state index contributed by atoms with van der Waals surface area (Å²) in [5, 5.41) is 10.4. The monoisotopic (exact) mass is 296 g/mol. The Morgan fingerprint density at radius 2 is 1.94 bits per heavy atom. The number of allylic oxidation sites excluding steroid dienone is 1. The highest BCUT2D eigenvalue weighted by Gasteiger charge is 2.60. The number of hydrogen-bond donors (Lipinski definition) is 1. The Morgan fingerprint density at radius 3 is 2.31 bits per heavy atom. The molecule has 1 aliphatic rings. The van der Waals surface area contributed by atoms with Crippen LogP contribution in [0.15, 0.2) is 22.0 Å². The van der Waals surface area contributed by atoms with E-state index >= 15 is 0 Å². The van der Waals surface area contributed by atoms with Crippen LogP contribution < -0.4 is 5.32 Å². The van der Waals surface area contributed by atoms with E-state index in [1.165, 1.54) is 0 Å². The minimum Gasteiger partial charge on any atom is -0.359 e. The van der Waals surface area contributed by atoms with E-state index in [4.69, 9.17) is 34.8 Å². The average molecular weight is 297 g/mol. The first-order chi connectivity index (χ1) is 7.11. The largest absolute Gasteiger partial charge is 0.431 e. The van der Waals surface area contributed by atoms with Crippen molar-refractivity contribution in [1.82, 2.24) is 5.32 Å². The molecule has 1 N–H and O–H groups in total. The lowest BCUT2D eigenvalue weighted by atomic mass is 10.1. The molecule has 4 nitrogen and oxygen atoms in total. The number of hydrogen-bond acceptors (Lipinski definition) is 3. The topological polar surface area (TPSA) is 55.2 Å². The van der Waals surface area contributed by atoms with Gasteiger partial charge < -0.3 is 5.32 Å². The summed E-state index contributed by atoms with van der Waals surface area (Å²) in [6.45, 7) is 0. The predicted octanol–water partition coefficient (Wildman–Crippen LogP) is 2.89. The van der Waals surface area contributed by atoms with Gasteiger partial charge >= 0.3 is 11.9 Å². The zero-order valence-corrected chi connectivity index (χ0v) is 9.38. The molecule has 1 heterocycles. The second-order valence-electron chi connectivity index (χ2n) is 2.71. The fraction of sp³-hybridized carbons (Fsp3) is 0.333. The van der Waals surface area contributed by atoms with Gasteiger partial charge in [0.15, 0.2) is 0 Å². The first-order valence-electron chi connectivity index (χ1n) is 3.55. The number of nitrogens with one attached hydrogen (secondary N) is 1. The highest BCUT2D eigenvalue weighted by atomic mass is 35.5. The van der Waals surface area contributed by atoms with Gasteiger partial charge in [0, 0.05) is 6.20 Å². The van der Waals surface area contributed by atoms with E-state index in [1.807, 2.05) is 0 Å². The van der Waals surface area contributed by atoms with Crippen LogP contribution in [0.3, 0.4) is 0 Å². The number of nitro groups is 1. The van der Waals surface area contributed by atoms with Gasteiger partial charge in [-0.3, -0.25) is 10.1 Å². The molecule has 0 radical (unpaired) electrons. The summed E-state index contributed by atoms with van der Waals surface area (Å²) in [6, 6.07) is 0. The van der Waals surface area contributed by atoms with Crippen LogP contribution in [0.1, 0.15) is 0 Å². The van der Waals surface area contributed by atoms with Crippen molar-refractivity contribution in [3.8, 4) is 0 Å². The molecular weight excluding hydrogens is 295 g/mol. The number of nitrogens with zero attached hydrogens (tertiary/aromatic N) is 1. The van der Waals surface area contributed by atoms with E-state index in [0.717, 1.165) is 0 Å². The predicted molar refractivity (Wildman–Crippen MR) is 51.6 cm³/mol. The third kappa shape index (κ3) is 1.94. The van der Waals surface area contributed by atoms with E-state index in [0.29, 0.717) is 6.20 Å². The van der Waals surface area contributed by atoms with Crippen molar-refractivity contribution in [2.75, 3.05) is 0 Å². The van der Waals surface area contributed by atoms with Gasteiger partial charge in [-0.2, -0.15) is 13.2 Å². The Kier molecular flexibility index (Phi) is 3.33. The molecule has 0 saturated carbocycles. The summed E-state index contributed by atoms with van der Waals surface area (Å²) >= 11 is 15.8. The molecule has 0 aromatic rings. The lowest BCUT2D eigenvalue weighted by molar-refractivity contribution is -0.421. The maximum absolute atomic E-state index is 12.5. The fourth-order valence-corrected chi connectivity index (χ4v) is 1.68. The van der Waals surface area contributed by atoms with Gasteiger partial charge in [0.25, 0.3) is 5.00 Å².